The predicted octanol–water partition coefficient (Wildman–Crippen LogP) is 5.53. The fourth-order valence-corrected chi connectivity index (χ4v) is 3.37. The molecular formula is C22H24O4. The van der Waals surface area contributed by atoms with Crippen LogP contribution in [0, 0.1) is 5.41 Å². The van der Waals surface area contributed by atoms with E-state index in [-0.39, 0.29) is 17.5 Å². The molecule has 0 radical (unpaired) electrons. The Kier molecular flexibility index (Phi) is 4.77. The third-order valence-corrected chi connectivity index (χ3v) is 5.22. The second-order valence-corrected chi connectivity index (χ2v) is 7.01. The van der Waals surface area contributed by atoms with Gasteiger partial charge in [-0.1, -0.05) is 44.5 Å². The minimum atomic E-state index is -0.559. The summed E-state index contributed by atoms with van der Waals surface area (Å²) in [5.41, 5.74) is -0.559. The lowest BCUT2D eigenvalue weighted by Crippen LogP contribution is -2.31. The van der Waals surface area contributed by atoms with Gasteiger partial charge >= 0.3 is 5.97 Å². The fourth-order valence-electron chi connectivity index (χ4n) is 3.37. The minimum absolute atomic E-state index is 0.200. The molecule has 0 spiro atoms. The standard InChI is InChI=1S/C22H24O4/c1-4-12-22(3,5-2)21(25)26-20-15-9-7-6-8-14(15)13-17-16(20)10-11-18(23)19(17)24/h6-11,13,23-24H,4-5,12H2,1-3H3. The van der Waals surface area contributed by atoms with Gasteiger partial charge in [-0.05, 0) is 43.4 Å². The lowest BCUT2D eigenvalue weighted by molar-refractivity contribution is -0.145. The van der Waals surface area contributed by atoms with E-state index in [9.17, 15) is 15.0 Å². The molecule has 4 heteroatoms. The molecule has 136 valence electrons. The Balaban J connectivity index is 2.22. The molecule has 0 aliphatic rings. The van der Waals surface area contributed by atoms with E-state index in [0.29, 0.717) is 22.9 Å². The molecule has 3 aromatic carbocycles. The van der Waals surface area contributed by atoms with E-state index in [4.69, 9.17) is 4.74 Å². The van der Waals surface area contributed by atoms with Gasteiger partial charge in [-0.25, -0.2) is 0 Å². The number of phenolic OH excluding ortho intramolecular Hbond substituents is 2. The molecule has 0 saturated carbocycles. The van der Waals surface area contributed by atoms with Crippen LogP contribution < -0.4 is 4.74 Å². The first kappa shape index (κ1) is 18.1. The first-order valence-electron chi connectivity index (χ1n) is 9.00. The summed E-state index contributed by atoms with van der Waals surface area (Å²) in [5, 5.41) is 22.8. The van der Waals surface area contributed by atoms with E-state index in [1.54, 1.807) is 12.1 Å². The van der Waals surface area contributed by atoms with Crippen molar-refractivity contribution in [1.29, 1.82) is 0 Å². The first-order chi connectivity index (χ1) is 12.4. The Morgan fingerprint density at radius 2 is 1.77 bits per heavy atom. The van der Waals surface area contributed by atoms with E-state index < -0.39 is 5.41 Å². The van der Waals surface area contributed by atoms with Crippen LogP contribution in [-0.4, -0.2) is 16.2 Å². The summed E-state index contributed by atoms with van der Waals surface area (Å²) in [6, 6.07) is 12.4. The van der Waals surface area contributed by atoms with Crippen LogP contribution in [0.1, 0.15) is 40.0 Å². The third kappa shape index (κ3) is 2.96. The molecule has 26 heavy (non-hydrogen) atoms. The summed E-state index contributed by atoms with van der Waals surface area (Å²) in [6.07, 6.45) is 2.33. The highest BCUT2D eigenvalue weighted by molar-refractivity contribution is 6.09. The van der Waals surface area contributed by atoms with Gasteiger partial charge in [0.1, 0.15) is 5.75 Å². The number of carbonyl (C=O) groups is 1. The number of fused-ring (bicyclic) bond motifs is 2. The molecule has 0 aromatic heterocycles. The summed E-state index contributed by atoms with van der Waals surface area (Å²) in [7, 11) is 0. The van der Waals surface area contributed by atoms with Crippen molar-refractivity contribution in [1.82, 2.24) is 0 Å². The normalized spacial score (nSPS) is 13.7. The van der Waals surface area contributed by atoms with Crippen molar-refractivity contribution in [3.05, 3.63) is 42.5 Å². The molecule has 3 rings (SSSR count). The van der Waals surface area contributed by atoms with Gasteiger partial charge in [0.2, 0.25) is 0 Å². The molecule has 1 atom stereocenters. The monoisotopic (exact) mass is 352 g/mol. The Bertz CT molecular complexity index is 977. The van der Waals surface area contributed by atoms with E-state index in [1.807, 2.05) is 38.1 Å². The van der Waals surface area contributed by atoms with Gasteiger partial charge in [-0.15, -0.1) is 0 Å². The summed E-state index contributed by atoms with van der Waals surface area (Å²) in [5.74, 6) is -0.256. The lowest BCUT2D eigenvalue weighted by atomic mass is 9.83. The van der Waals surface area contributed by atoms with Crippen molar-refractivity contribution in [2.45, 2.75) is 40.0 Å². The molecule has 1 unspecified atom stereocenters. The number of ether oxygens (including phenoxy) is 1. The largest absolute Gasteiger partial charge is 0.504 e. The lowest BCUT2D eigenvalue weighted by Gasteiger charge is -2.26. The number of hydrogen-bond donors (Lipinski definition) is 2. The molecule has 0 aliphatic heterocycles. The van der Waals surface area contributed by atoms with Crippen LogP contribution in [0.5, 0.6) is 17.2 Å². The number of aromatic hydroxyl groups is 2. The summed E-state index contributed by atoms with van der Waals surface area (Å²) < 4.78 is 5.91. The molecule has 0 amide bonds. The molecule has 0 aliphatic carbocycles. The molecule has 0 fully saturated rings. The van der Waals surface area contributed by atoms with Crippen molar-refractivity contribution in [3.63, 3.8) is 0 Å². The molecule has 4 nitrogen and oxygen atoms in total. The van der Waals surface area contributed by atoms with Crippen molar-refractivity contribution in [2.75, 3.05) is 0 Å². The Labute approximate surface area is 153 Å². The van der Waals surface area contributed by atoms with Crippen LogP contribution in [0.3, 0.4) is 0 Å². The van der Waals surface area contributed by atoms with Crippen LogP contribution in [0.2, 0.25) is 0 Å². The molecule has 0 saturated heterocycles. The maximum absolute atomic E-state index is 13.0. The molecule has 0 bridgehead atoms. The number of hydrogen-bond acceptors (Lipinski definition) is 4. The highest BCUT2D eigenvalue weighted by Crippen LogP contribution is 2.43. The van der Waals surface area contributed by atoms with Crippen LogP contribution >= 0.6 is 0 Å². The summed E-state index contributed by atoms with van der Waals surface area (Å²) in [4.78, 5) is 13.0. The van der Waals surface area contributed by atoms with Gasteiger partial charge in [0.15, 0.2) is 11.5 Å². The van der Waals surface area contributed by atoms with Gasteiger partial charge in [-0.2, -0.15) is 0 Å². The van der Waals surface area contributed by atoms with Crippen molar-refractivity contribution in [2.24, 2.45) is 5.41 Å². The maximum Gasteiger partial charge on any atom is 0.317 e. The minimum Gasteiger partial charge on any atom is -0.504 e. The zero-order valence-electron chi connectivity index (χ0n) is 15.4. The zero-order valence-corrected chi connectivity index (χ0v) is 15.4. The smallest absolute Gasteiger partial charge is 0.317 e. The van der Waals surface area contributed by atoms with Gasteiger partial charge in [0.05, 0.1) is 5.41 Å². The summed E-state index contributed by atoms with van der Waals surface area (Å²) >= 11 is 0. The molecular weight excluding hydrogens is 328 g/mol. The zero-order chi connectivity index (χ0) is 18.9. The Hall–Kier alpha value is -2.75. The number of benzene rings is 3. The van der Waals surface area contributed by atoms with Gasteiger partial charge < -0.3 is 14.9 Å². The number of carbonyl (C=O) groups excluding carboxylic acids is 1. The van der Waals surface area contributed by atoms with Crippen molar-refractivity contribution < 1.29 is 19.7 Å². The Morgan fingerprint density at radius 1 is 1.04 bits per heavy atom. The van der Waals surface area contributed by atoms with Gasteiger partial charge in [-0.3, -0.25) is 4.79 Å². The number of rotatable bonds is 5. The van der Waals surface area contributed by atoms with Gasteiger partial charge in [0, 0.05) is 16.2 Å². The van der Waals surface area contributed by atoms with Crippen molar-refractivity contribution in [3.8, 4) is 17.2 Å². The van der Waals surface area contributed by atoms with Crippen molar-refractivity contribution >= 4 is 27.5 Å². The van der Waals surface area contributed by atoms with E-state index in [0.717, 1.165) is 23.6 Å². The first-order valence-corrected chi connectivity index (χ1v) is 9.00. The van der Waals surface area contributed by atoms with Gasteiger partial charge in [0.25, 0.3) is 0 Å². The third-order valence-electron chi connectivity index (χ3n) is 5.22. The van der Waals surface area contributed by atoms with E-state index in [1.165, 1.54) is 6.07 Å². The highest BCUT2D eigenvalue weighted by atomic mass is 16.5. The topological polar surface area (TPSA) is 66.8 Å². The van der Waals surface area contributed by atoms with E-state index in [2.05, 4.69) is 6.92 Å². The summed E-state index contributed by atoms with van der Waals surface area (Å²) in [6.45, 7) is 5.97. The van der Waals surface area contributed by atoms with Crippen LogP contribution in [0.25, 0.3) is 21.5 Å². The Morgan fingerprint density at radius 3 is 2.46 bits per heavy atom. The molecule has 3 aromatic rings. The highest BCUT2D eigenvalue weighted by Gasteiger charge is 2.33. The average molecular weight is 352 g/mol. The maximum atomic E-state index is 13.0. The van der Waals surface area contributed by atoms with E-state index >= 15 is 0 Å². The number of esters is 1. The van der Waals surface area contributed by atoms with Crippen LogP contribution in [-0.2, 0) is 4.79 Å². The molecule has 2 N–H and O–H groups in total. The SMILES string of the molecule is CCCC(C)(CC)C(=O)Oc1c2ccccc2cc2c(O)c(O)ccc12. The van der Waals surface area contributed by atoms with Crippen LogP contribution in [0.4, 0.5) is 0 Å². The fraction of sp³-hybridized carbons (Fsp3) is 0.318. The molecule has 0 heterocycles. The second-order valence-electron chi connectivity index (χ2n) is 7.01. The second kappa shape index (κ2) is 6.87. The predicted molar refractivity (Wildman–Crippen MR) is 104 cm³/mol. The van der Waals surface area contributed by atoms with Crippen LogP contribution in [0.15, 0.2) is 42.5 Å². The quantitative estimate of drug-likeness (QED) is 0.274. The number of phenols is 2. The average Bonchev–Trinajstić information content (AvgIpc) is 2.65.